The standard InChI is InChI=1S/C21H22N4O2S.ClH/c22-17-7-6-13-10-25(11-15(13)17)20(26)19-16(12-28-21-23-8-3-9-24-21)14-4-1-2-5-18(14)27-19;/h1-5,8-9,13,15,17H,6-7,10-12,22H2;1H. The number of hydrogen-bond acceptors (Lipinski definition) is 6. The van der Waals surface area contributed by atoms with E-state index < -0.39 is 0 Å². The first-order chi connectivity index (χ1) is 13.7. The van der Waals surface area contributed by atoms with E-state index in [4.69, 9.17) is 10.2 Å². The van der Waals surface area contributed by atoms with Gasteiger partial charge in [0.2, 0.25) is 0 Å². The summed E-state index contributed by atoms with van der Waals surface area (Å²) in [5, 5.41) is 1.67. The van der Waals surface area contributed by atoms with Gasteiger partial charge in [0.1, 0.15) is 5.58 Å². The lowest BCUT2D eigenvalue weighted by Crippen LogP contribution is -2.33. The minimum atomic E-state index is -0.0256. The van der Waals surface area contributed by atoms with Crippen molar-refractivity contribution in [3.63, 3.8) is 0 Å². The van der Waals surface area contributed by atoms with Gasteiger partial charge in [-0.3, -0.25) is 4.79 Å². The van der Waals surface area contributed by atoms with Crippen molar-refractivity contribution in [3.8, 4) is 0 Å². The van der Waals surface area contributed by atoms with Gasteiger partial charge in [-0.2, -0.15) is 0 Å². The topological polar surface area (TPSA) is 85.2 Å². The molecule has 8 heteroatoms. The number of halogens is 1. The van der Waals surface area contributed by atoms with E-state index in [0.717, 1.165) is 42.5 Å². The van der Waals surface area contributed by atoms with E-state index in [1.165, 1.54) is 11.8 Å². The molecule has 1 saturated carbocycles. The summed E-state index contributed by atoms with van der Waals surface area (Å²) < 4.78 is 6.03. The van der Waals surface area contributed by atoms with Crippen LogP contribution in [0, 0.1) is 11.8 Å². The molecule has 152 valence electrons. The molecular weight excluding hydrogens is 408 g/mol. The molecule has 2 aromatic heterocycles. The summed E-state index contributed by atoms with van der Waals surface area (Å²) >= 11 is 1.51. The number of nitrogens with two attached hydrogens (primary N) is 1. The monoisotopic (exact) mass is 430 g/mol. The number of aromatic nitrogens is 2. The Morgan fingerprint density at radius 3 is 2.76 bits per heavy atom. The van der Waals surface area contributed by atoms with Gasteiger partial charge in [0.15, 0.2) is 10.9 Å². The molecule has 1 aliphatic heterocycles. The minimum Gasteiger partial charge on any atom is -0.451 e. The molecule has 0 radical (unpaired) electrons. The quantitative estimate of drug-likeness (QED) is 0.501. The van der Waals surface area contributed by atoms with Gasteiger partial charge in [-0.1, -0.05) is 30.0 Å². The molecule has 0 spiro atoms. The van der Waals surface area contributed by atoms with Crippen molar-refractivity contribution in [1.82, 2.24) is 14.9 Å². The fourth-order valence-corrected chi connectivity index (χ4v) is 5.36. The maximum atomic E-state index is 13.3. The van der Waals surface area contributed by atoms with E-state index in [1.807, 2.05) is 29.2 Å². The molecule has 2 fully saturated rings. The van der Waals surface area contributed by atoms with Crippen LogP contribution in [0.15, 0.2) is 52.3 Å². The molecule has 3 atom stereocenters. The molecule has 2 N–H and O–H groups in total. The second-order valence-corrected chi connectivity index (χ2v) is 8.54. The Bertz CT molecular complexity index is 1010. The predicted octanol–water partition coefficient (Wildman–Crippen LogP) is 3.75. The number of carbonyl (C=O) groups excluding carboxylic acids is 1. The number of benzene rings is 1. The van der Waals surface area contributed by atoms with Gasteiger partial charge in [0.25, 0.3) is 5.91 Å². The van der Waals surface area contributed by atoms with Gasteiger partial charge in [-0.05, 0) is 36.8 Å². The number of nitrogens with zero attached hydrogens (tertiary/aromatic N) is 3. The fourth-order valence-electron chi connectivity index (χ4n) is 4.53. The van der Waals surface area contributed by atoms with Crippen molar-refractivity contribution in [3.05, 3.63) is 54.0 Å². The summed E-state index contributed by atoms with van der Waals surface area (Å²) in [7, 11) is 0. The Balaban J connectivity index is 0.00000205. The zero-order valence-electron chi connectivity index (χ0n) is 15.9. The number of hydrogen-bond donors (Lipinski definition) is 1. The molecule has 1 saturated heterocycles. The largest absolute Gasteiger partial charge is 0.451 e. The maximum absolute atomic E-state index is 13.3. The zero-order valence-corrected chi connectivity index (χ0v) is 17.5. The van der Waals surface area contributed by atoms with E-state index >= 15 is 0 Å². The van der Waals surface area contributed by atoms with Crippen molar-refractivity contribution in [2.75, 3.05) is 13.1 Å². The third-order valence-electron chi connectivity index (χ3n) is 5.98. The maximum Gasteiger partial charge on any atom is 0.289 e. The molecule has 0 bridgehead atoms. The highest BCUT2D eigenvalue weighted by Gasteiger charge is 2.43. The van der Waals surface area contributed by atoms with Crippen LogP contribution in [-0.4, -0.2) is 39.9 Å². The van der Waals surface area contributed by atoms with Crippen LogP contribution < -0.4 is 5.73 Å². The minimum absolute atomic E-state index is 0. The highest BCUT2D eigenvalue weighted by molar-refractivity contribution is 7.98. The normalized spacial score (nSPS) is 23.2. The van der Waals surface area contributed by atoms with Crippen molar-refractivity contribution in [1.29, 1.82) is 0 Å². The smallest absolute Gasteiger partial charge is 0.289 e. The van der Waals surface area contributed by atoms with Crippen molar-refractivity contribution in [2.24, 2.45) is 17.6 Å². The van der Waals surface area contributed by atoms with E-state index in [2.05, 4.69) is 9.97 Å². The van der Waals surface area contributed by atoms with Crippen LogP contribution >= 0.6 is 24.2 Å². The number of fused-ring (bicyclic) bond motifs is 2. The fraction of sp³-hybridized carbons (Fsp3) is 0.381. The molecule has 3 heterocycles. The second-order valence-electron chi connectivity index (χ2n) is 7.60. The van der Waals surface area contributed by atoms with Crippen LogP contribution in [0.1, 0.15) is 29.0 Å². The molecule has 6 nitrogen and oxygen atoms in total. The summed E-state index contributed by atoms with van der Waals surface area (Å²) in [6, 6.07) is 9.82. The van der Waals surface area contributed by atoms with Crippen LogP contribution in [-0.2, 0) is 5.75 Å². The highest BCUT2D eigenvalue weighted by Crippen LogP contribution is 2.39. The van der Waals surface area contributed by atoms with Crippen LogP contribution in [0.5, 0.6) is 0 Å². The van der Waals surface area contributed by atoms with Gasteiger partial charge >= 0.3 is 0 Å². The average molecular weight is 431 g/mol. The van der Waals surface area contributed by atoms with E-state index in [0.29, 0.717) is 28.5 Å². The molecule has 29 heavy (non-hydrogen) atoms. The van der Waals surface area contributed by atoms with Crippen molar-refractivity contribution in [2.45, 2.75) is 29.8 Å². The third kappa shape index (κ3) is 3.74. The summed E-state index contributed by atoms with van der Waals surface area (Å²) in [6.07, 6.45) is 5.63. The summed E-state index contributed by atoms with van der Waals surface area (Å²) in [4.78, 5) is 23.8. The Hall–Kier alpha value is -2.09. The molecule has 1 amide bonds. The molecule has 3 unspecified atom stereocenters. The van der Waals surface area contributed by atoms with Gasteiger partial charge in [0, 0.05) is 48.2 Å². The Morgan fingerprint density at radius 1 is 1.17 bits per heavy atom. The number of para-hydroxylation sites is 1. The summed E-state index contributed by atoms with van der Waals surface area (Å²) in [5.41, 5.74) is 7.90. The van der Waals surface area contributed by atoms with E-state index in [9.17, 15) is 4.79 Å². The van der Waals surface area contributed by atoms with Crippen LogP contribution in [0.2, 0.25) is 0 Å². The number of thioether (sulfide) groups is 1. The van der Waals surface area contributed by atoms with E-state index in [-0.39, 0.29) is 24.4 Å². The second kappa shape index (κ2) is 8.34. The number of amides is 1. The lowest BCUT2D eigenvalue weighted by molar-refractivity contribution is 0.0749. The first-order valence-electron chi connectivity index (χ1n) is 9.66. The van der Waals surface area contributed by atoms with Gasteiger partial charge in [-0.15, -0.1) is 12.4 Å². The Kier molecular flexibility index (Phi) is 5.81. The molecule has 1 aromatic carbocycles. The highest BCUT2D eigenvalue weighted by atomic mass is 35.5. The third-order valence-corrected chi connectivity index (χ3v) is 6.88. The Morgan fingerprint density at radius 2 is 1.97 bits per heavy atom. The number of carbonyl (C=O) groups is 1. The van der Waals surface area contributed by atoms with Crippen LogP contribution in [0.3, 0.4) is 0 Å². The van der Waals surface area contributed by atoms with Gasteiger partial charge in [-0.25, -0.2) is 9.97 Å². The molecular formula is C21H23ClN4O2S. The summed E-state index contributed by atoms with van der Waals surface area (Å²) in [6.45, 7) is 1.51. The van der Waals surface area contributed by atoms with Gasteiger partial charge in [0.05, 0.1) is 0 Å². The van der Waals surface area contributed by atoms with E-state index in [1.54, 1.807) is 18.5 Å². The lowest BCUT2D eigenvalue weighted by Gasteiger charge is -2.18. The van der Waals surface area contributed by atoms with Crippen molar-refractivity contribution < 1.29 is 9.21 Å². The molecule has 3 aromatic rings. The zero-order chi connectivity index (χ0) is 19.1. The number of furan rings is 1. The lowest BCUT2D eigenvalue weighted by atomic mass is 9.98. The molecule has 5 rings (SSSR count). The van der Waals surface area contributed by atoms with Crippen LogP contribution in [0.25, 0.3) is 11.0 Å². The van der Waals surface area contributed by atoms with Crippen molar-refractivity contribution >= 4 is 41.0 Å². The SMILES string of the molecule is Cl.NC1CCC2CN(C(=O)c3oc4ccccc4c3CSc3ncccn3)CC12. The first kappa shape index (κ1) is 20.2. The van der Waals surface area contributed by atoms with Gasteiger partial charge < -0.3 is 15.1 Å². The Labute approximate surface area is 179 Å². The number of likely N-dealkylation sites (tertiary alicyclic amines) is 1. The summed E-state index contributed by atoms with van der Waals surface area (Å²) in [5.74, 6) is 1.95. The first-order valence-corrected chi connectivity index (χ1v) is 10.6. The average Bonchev–Trinajstić information content (AvgIpc) is 3.41. The number of rotatable bonds is 4. The predicted molar refractivity (Wildman–Crippen MR) is 115 cm³/mol. The molecule has 1 aliphatic carbocycles. The van der Waals surface area contributed by atoms with Crippen LogP contribution in [0.4, 0.5) is 0 Å². The molecule has 2 aliphatic rings.